The number of H-pyrrole nitrogens is 1. The highest BCUT2D eigenvalue weighted by Gasteiger charge is 2.12. The Bertz CT molecular complexity index is 1320. The summed E-state index contributed by atoms with van der Waals surface area (Å²) in [5, 5.41) is 17.6. The van der Waals surface area contributed by atoms with E-state index in [2.05, 4.69) is 15.6 Å². The summed E-state index contributed by atoms with van der Waals surface area (Å²) in [7, 11) is 0. The van der Waals surface area contributed by atoms with E-state index in [1.54, 1.807) is 18.2 Å². The number of non-ortho nitro benzene ring substituents is 1. The van der Waals surface area contributed by atoms with E-state index in [0.717, 1.165) is 15.8 Å². The van der Waals surface area contributed by atoms with Crippen LogP contribution in [0, 0.1) is 10.1 Å². The lowest BCUT2D eigenvalue weighted by Crippen LogP contribution is -2.14. The molecule has 3 aromatic carbocycles. The fraction of sp³-hybridized carbons (Fsp3) is 0.0435. The van der Waals surface area contributed by atoms with E-state index in [0.29, 0.717) is 11.4 Å². The average Bonchev–Trinajstić information content (AvgIpc) is 3.26. The first kappa shape index (κ1) is 21.1. The van der Waals surface area contributed by atoms with Gasteiger partial charge in [0.05, 0.1) is 10.7 Å². The molecule has 0 spiro atoms. The van der Waals surface area contributed by atoms with E-state index < -0.39 is 10.8 Å². The molecule has 0 aliphatic rings. The van der Waals surface area contributed by atoms with Gasteiger partial charge in [-0.15, -0.1) is 11.8 Å². The van der Waals surface area contributed by atoms with Crippen LogP contribution in [0.15, 0.2) is 83.9 Å². The molecule has 0 unspecified atom stereocenters. The average molecular weight is 446 g/mol. The van der Waals surface area contributed by atoms with Crippen LogP contribution in [0.3, 0.4) is 0 Å². The third-order valence-electron chi connectivity index (χ3n) is 4.62. The largest absolute Gasteiger partial charge is 0.361 e. The van der Waals surface area contributed by atoms with Gasteiger partial charge in [-0.25, -0.2) is 0 Å². The summed E-state index contributed by atoms with van der Waals surface area (Å²) < 4.78 is 0. The number of amides is 2. The zero-order valence-corrected chi connectivity index (χ0v) is 17.5. The fourth-order valence-electron chi connectivity index (χ4n) is 3.10. The Morgan fingerprint density at radius 2 is 1.75 bits per heavy atom. The van der Waals surface area contributed by atoms with Crippen LogP contribution < -0.4 is 10.6 Å². The van der Waals surface area contributed by atoms with Gasteiger partial charge in [-0.3, -0.25) is 19.7 Å². The van der Waals surface area contributed by atoms with Crippen LogP contribution in [0.25, 0.3) is 10.9 Å². The molecule has 0 bridgehead atoms. The summed E-state index contributed by atoms with van der Waals surface area (Å²) in [6.45, 7) is 0. The van der Waals surface area contributed by atoms with Crippen LogP contribution in [-0.4, -0.2) is 27.5 Å². The van der Waals surface area contributed by atoms with Gasteiger partial charge in [0.25, 0.3) is 11.6 Å². The minimum Gasteiger partial charge on any atom is -0.361 e. The van der Waals surface area contributed by atoms with Crippen molar-refractivity contribution in [2.75, 3.05) is 16.4 Å². The smallest absolute Gasteiger partial charge is 0.270 e. The van der Waals surface area contributed by atoms with Crippen LogP contribution in [0.5, 0.6) is 0 Å². The molecule has 0 aliphatic carbocycles. The van der Waals surface area contributed by atoms with E-state index in [9.17, 15) is 19.7 Å². The highest BCUT2D eigenvalue weighted by molar-refractivity contribution is 8.00. The number of anilines is 2. The maximum atomic E-state index is 12.4. The third kappa shape index (κ3) is 5.13. The number of nitrogens with zero attached hydrogens (tertiary/aromatic N) is 1. The predicted octanol–water partition coefficient (Wildman–Crippen LogP) is 5.06. The van der Waals surface area contributed by atoms with Gasteiger partial charge in [-0.2, -0.15) is 0 Å². The molecule has 3 N–H and O–H groups in total. The molecule has 0 radical (unpaired) electrons. The normalized spacial score (nSPS) is 10.6. The lowest BCUT2D eigenvalue weighted by atomic mass is 10.2. The van der Waals surface area contributed by atoms with E-state index in [4.69, 9.17) is 0 Å². The molecule has 4 rings (SSSR count). The van der Waals surface area contributed by atoms with Crippen molar-refractivity contribution in [3.63, 3.8) is 0 Å². The molecule has 1 heterocycles. The summed E-state index contributed by atoms with van der Waals surface area (Å²) in [4.78, 5) is 39.0. The first-order valence-corrected chi connectivity index (χ1v) is 10.6. The van der Waals surface area contributed by atoms with E-state index >= 15 is 0 Å². The molecule has 4 aromatic rings. The third-order valence-corrected chi connectivity index (χ3v) is 5.61. The zero-order chi connectivity index (χ0) is 22.5. The molecule has 32 heavy (non-hydrogen) atoms. The van der Waals surface area contributed by atoms with Crippen molar-refractivity contribution in [3.8, 4) is 0 Å². The molecule has 0 atom stereocenters. The molecule has 160 valence electrons. The molecule has 0 saturated carbocycles. The van der Waals surface area contributed by atoms with Crippen molar-refractivity contribution in [2.24, 2.45) is 0 Å². The number of carbonyl (C=O) groups excluding carboxylic acids is 2. The van der Waals surface area contributed by atoms with Gasteiger partial charge in [0.2, 0.25) is 5.91 Å². The number of aromatic amines is 1. The number of carbonyl (C=O) groups is 2. The van der Waals surface area contributed by atoms with Crippen molar-refractivity contribution in [3.05, 3.63) is 94.7 Å². The molecule has 0 fully saturated rings. The summed E-state index contributed by atoms with van der Waals surface area (Å²) in [5.41, 5.74) is 2.23. The van der Waals surface area contributed by atoms with E-state index in [-0.39, 0.29) is 22.9 Å². The Labute approximate surface area is 187 Å². The van der Waals surface area contributed by atoms with Crippen molar-refractivity contribution in [1.82, 2.24) is 4.98 Å². The van der Waals surface area contributed by atoms with E-state index in [1.165, 1.54) is 36.0 Å². The van der Waals surface area contributed by atoms with Gasteiger partial charge in [-0.05, 0) is 47.9 Å². The van der Waals surface area contributed by atoms with Gasteiger partial charge in [0.15, 0.2) is 0 Å². The number of aromatic nitrogens is 1. The van der Waals surface area contributed by atoms with Crippen LogP contribution in [0.2, 0.25) is 0 Å². The van der Waals surface area contributed by atoms with Crippen molar-refractivity contribution in [1.29, 1.82) is 0 Å². The quantitative estimate of drug-likeness (QED) is 0.208. The highest BCUT2D eigenvalue weighted by atomic mass is 32.2. The Morgan fingerprint density at radius 3 is 2.59 bits per heavy atom. The number of hydrogen-bond donors (Lipinski definition) is 3. The van der Waals surface area contributed by atoms with Crippen LogP contribution in [0.4, 0.5) is 17.1 Å². The SMILES string of the molecule is O=C(CSc1cccc(NC(=O)c2cccc([N+](=O)[O-])c2)c1)Nc1ccc2cc[nH]c2c1. The number of hydrogen-bond acceptors (Lipinski definition) is 5. The fourth-order valence-corrected chi connectivity index (χ4v) is 3.85. The Hall–Kier alpha value is -4.11. The van der Waals surface area contributed by atoms with Crippen LogP contribution >= 0.6 is 11.8 Å². The van der Waals surface area contributed by atoms with Gasteiger partial charge >= 0.3 is 0 Å². The summed E-state index contributed by atoms with van der Waals surface area (Å²) in [5.74, 6) is -0.398. The molecule has 1 aromatic heterocycles. The van der Waals surface area contributed by atoms with Crippen LogP contribution in [0.1, 0.15) is 10.4 Å². The van der Waals surface area contributed by atoms with Crippen LogP contribution in [-0.2, 0) is 4.79 Å². The molecule has 0 saturated heterocycles. The van der Waals surface area contributed by atoms with Crippen molar-refractivity contribution >= 4 is 51.5 Å². The summed E-state index contributed by atoms with van der Waals surface area (Å²) >= 11 is 1.34. The summed E-state index contributed by atoms with van der Waals surface area (Å²) in [6.07, 6.45) is 1.84. The van der Waals surface area contributed by atoms with Gasteiger partial charge in [0.1, 0.15) is 0 Å². The molecule has 8 nitrogen and oxygen atoms in total. The molecule has 0 aliphatic heterocycles. The molecule has 9 heteroatoms. The summed E-state index contributed by atoms with van der Waals surface area (Å²) in [6, 6.07) is 20.2. The first-order valence-electron chi connectivity index (χ1n) is 9.63. The lowest BCUT2D eigenvalue weighted by Gasteiger charge is -2.08. The van der Waals surface area contributed by atoms with Gasteiger partial charge in [0, 0.05) is 45.7 Å². The van der Waals surface area contributed by atoms with E-state index in [1.807, 2.05) is 36.5 Å². The Morgan fingerprint density at radius 1 is 0.938 bits per heavy atom. The maximum absolute atomic E-state index is 12.4. The van der Waals surface area contributed by atoms with Gasteiger partial charge in [-0.1, -0.05) is 18.2 Å². The number of nitro groups is 1. The van der Waals surface area contributed by atoms with Crippen molar-refractivity contribution < 1.29 is 14.5 Å². The monoisotopic (exact) mass is 446 g/mol. The standard InChI is InChI=1S/C23H18N4O4S/c28-22(25-18-8-7-15-9-10-24-21(15)13-18)14-32-20-6-2-4-17(12-20)26-23(29)16-3-1-5-19(11-16)27(30)31/h1-13,24H,14H2,(H,25,28)(H,26,29). The second-order valence-electron chi connectivity index (χ2n) is 6.91. The maximum Gasteiger partial charge on any atom is 0.270 e. The topological polar surface area (TPSA) is 117 Å². The number of thioether (sulfide) groups is 1. The second-order valence-corrected chi connectivity index (χ2v) is 7.95. The molecular formula is C23H18N4O4S. The number of fused-ring (bicyclic) bond motifs is 1. The zero-order valence-electron chi connectivity index (χ0n) is 16.7. The minimum absolute atomic E-state index is 0.146. The Kier molecular flexibility index (Phi) is 6.18. The number of benzene rings is 3. The highest BCUT2D eigenvalue weighted by Crippen LogP contribution is 2.23. The second kappa shape index (κ2) is 9.36. The molecule has 2 amide bonds. The lowest BCUT2D eigenvalue weighted by molar-refractivity contribution is -0.384. The first-order chi connectivity index (χ1) is 15.5. The number of nitrogens with one attached hydrogen (secondary N) is 3. The molecular weight excluding hydrogens is 428 g/mol. The Balaban J connectivity index is 1.35. The number of nitro benzene ring substituents is 1. The predicted molar refractivity (Wildman–Crippen MR) is 125 cm³/mol. The van der Waals surface area contributed by atoms with Gasteiger partial charge < -0.3 is 15.6 Å². The minimum atomic E-state index is -0.546. The van der Waals surface area contributed by atoms with Crippen molar-refractivity contribution in [2.45, 2.75) is 4.90 Å². The number of rotatable bonds is 7.